The van der Waals surface area contributed by atoms with Crippen LogP contribution in [0.4, 0.5) is 5.69 Å². The van der Waals surface area contributed by atoms with Crippen LogP contribution in [0.3, 0.4) is 0 Å². The predicted octanol–water partition coefficient (Wildman–Crippen LogP) is 2.63. The molecule has 4 rings (SSSR count). The quantitative estimate of drug-likeness (QED) is 0.693. The monoisotopic (exact) mass is 448 g/mol. The number of hydrogen-bond donors (Lipinski definition) is 0. The zero-order valence-electron chi connectivity index (χ0n) is 18.8. The average molecular weight is 449 g/mol. The van der Waals surface area contributed by atoms with Crippen molar-refractivity contribution in [3.63, 3.8) is 0 Å². The van der Waals surface area contributed by atoms with Gasteiger partial charge in [-0.05, 0) is 56.8 Å². The van der Waals surface area contributed by atoms with Crippen molar-refractivity contribution >= 4 is 21.6 Å². The standard InChI is InChI=1S/C23H36N4O3S/c1-2-24-15-17-26(18-16-24)23(28)20-9-10-21(25-11-5-3-6-12-25)22(19-20)31(29,30)27-13-7-4-8-14-27/h9-10,19H,2-8,11-18H2,1H3. The Kier molecular flexibility index (Phi) is 7.19. The lowest BCUT2D eigenvalue weighted by Crippen LogP contribution is -2.48. The molecular formula is C23H36N4O3S. The number of carbonyl (C=O) groups is 1. The smallest absolute Gasteiger partial charge is 0.253 e. The summed E-state index contributed by atoms with van der Waals surface area (Å²) in [5, 5.41) is 0. The van der Waals surface area contributed by atoms with Gasteiger partial charge in [0.2, 0.25) is 10.0 Å². The first-order valence-corrected chi connectivity index (χ1v) is 13.4. The summed E-state index contributed by atoms with van der Waals surface area (Å²) in [5.74, 6) is -0.0592. The van der Waals surface area contributed by atoms with Crippen molar-refractivity contribution in [2.75, 3.05) is 63.8 Å². The summed E-state index contributed by atoms with van der Waals surface area (Å²) in [4.78, 5) is 19.9. The third-order valence-corrected chi connectivity index (χ3v) is 8.87. The Morgan fingerprint density at radius 3 is 2.06 bits per heavy atom. The lowest BCUT2D eigenvalue weighted by molar-refractivity contribution is 0.0643. The van der Waals surface area contributed by atoms with Gasteiger partial charge in [0.25, 0.3) is 5.91 Å². The summed E-state index contributed by atoms with van der Waals surface area (Å²) in [6.45, 7) is 9.12. The fourth-order valence-corrected chi connectivity index (χ4v) is 6.70. The first-order valence-electron chi connectivity index (χ1n) is 11.9. The van der Waals surface area contributed by atoms with Gasteiger partial charge in [0.05, 0.1) is 5.69 Å². The molecule has 1 aromatic rings. The van der Waals surface area contributed by atoms with Crippen molar-refractivity contribution in [1.29, 1.82) is 0 Å². The number of hydrogen-bond acceptors (Lipinski definition) is 5. The number of anilines is 1. The van der Waals surface area contributed by atoms with E-state index < -0.39 is 10.0 Å². The van der Waals surface area contributed by atoms with Gasteiger partial charge in [-0.15, -0.1) is 0 Å². The Morgan fingerprint density at radius 2 is 1.45 bits per heavy atom. The average Bonchev–Trinajstić information content (AvgIpc) is 2.84. The molecule has 31 heavy (non-hydrogen) atoms. The van der Waals surface area contributed by atoms with Crippen LogP contribution in [0.15, 0.2) is 23.1 Å². The fraction of sp³-hybridized carbons (Fsp3) is 0.696. The predicted molar refractivity (Wildman–Crippen MR) is 123 cm³/mol. The van der Waals surface area contributed by atoms with Crippen LogP contribution in [0.25, 0.3) is 0 Å². The van der Waals surface area contributed by atoms with Crippen LogP contribution in [0.5, 0.6) is 0 Å². The third-order valence-electron chi connectivity index (χ3n) is 6.94. The van der Waals surface area contributed by atoms with Gasteiger partial charge >= 0.3 is 0 Å². The normalized spacial score (nSPS) is 22.0. The van der Waals surface area contributed by atoms with Crippen LogP contribution in [0.1, 0.15) is 55.8 Å². The molecule has 3 saturated heterocycles. The van der Waals surface area contributed by atoms with E-state index in [1.165, 1.54) is 6.42 Å². The third kappa shape index (κ3) is 4.91. The van der Waals surface area contributed by atoms with E-state index in [0.29, 0.717) is 36.6 Å². The molecule has 3 fully saturated rings. The van der Waals surface area contributed by atoms with Crippen LogP contribution < -0.4 is 4.90 Å². The summed E-state index contributed by atoms with van der Waals surface area (Å²) in [6.07, 6.45) is 6.21. The number of amides is 1. The van der Waals surface area contributed by atoms with Gasteiger partial charge in [-0.2, -0.15) is 4.31 Å². The molecule has 0 bridgehead atoms. The van der Waals surface area contributed by atoms with Crippen LogP contribution in [-0.2, 0) is 10.0 Å². The molecule has 172 valence electrons. The Balaban J connectivity index is 1.65. The molecule has 0 saturated carbocycles. The minimum Gasteiger partial charge on any atom is -0.370 e. The molecule has 0 spiro atoms. The van der Waals surface area contributed by atoms with Gasteiger partial charge in [0, 0.05) is 57.9 Å². The lowest BCUT2D eigenvalue weighted by atomic mass is 10.1. The second-order valence-electron chi connectivity index (χ2n) is 8.92. The molecule has 7 nitrogen and oxygen atoms in total. The molecule has 1 aromatic carbocycles. The zero-order valence-corrected chi connectivity index (χ0v) is 19.6. The Morgan fingerprint density at radius 1 is 0.839 bits per heavy atom. The largest absolute Gasteiger partial charge is 0.370 e. The fourth-order valence-electron chi connectivity index (χ4n) is 4.94. The van der Waals surface area contributed by atoms with Crippen molar-refractivity contribution in [3.05, 3.63) is 23.8 Å². The van der Waals surface area contributed by atoms with E-state index in [4.69, 9.17) is 0 Å². The second-order valence-corrected chi connectivity index (χ2v) is 10.8. The number of rotatable bonds is 5. The maximum Gasteiger partial charge on any atom is 0.253 e. The zero-order chi connectivity index (χ0) is 21.8. The highest BCUT2D eigenvalue weighted by Crippen LogP contribution is 2.32. The van der Waals surface area contributed by atoms with Crippen LogP contribution in [0.2, 0.25) is 0 Å². The lowest BCUT2D eigenvalue weighted by Gasteiger charge is -2.35. The summed E-state index contributed by atoms with van der Waals surface area (Å²) >= 11 is 0. The van der Waals surface area contributed by atoms with Crippen LogP contribution in [-0.4, -0.2) is 87.3 Å². The molecule has 8 heteroatoms. The van der Waals surface area contributed by atoms with E-state index in [2.05, 4.69) is 16.7 Å². The summed E-state index contributed by atoms with van der Waals surface area (Å²) in [6, 6.07) is 5.35. The molecule has 3 heterocycles. The van der Waals surface area contributed by atoms with Crippen molar-refractivity contribution in [2.45, 2.75) is 50.3 Å². The Labute approximate surface area is 187 Å². The minimum atomic E-state index is -3.63. The van der Waals surface area contributed by atoms with Gasteiger partial charge in [0.15, 0.2) is 0 Å². The highest BCUT2D eigenvalue weighted by Gasteiger charge is 2.32. The van der Waals surface area contributed by atoms with Gasteiger partial charge in [-0.1, -0.05) is 13.3 Å². The van der Waals surface area contributed by atoms with Gasteiger partial charge in [-0.25, -0.2) is 8.42 Å². The number of piperazine rings is 1. The number of carbonyl (C=O) groups excluding carboxylic acids is 1. The topological polar surface area (TPSA) is 64.2 Å². The van der Waals surface area contributed by atoms with E-state index in [1.807, 2.05) is 17.0 Å². The van der Waals surface area contributed by atoms with Crippen LogP contribution in [0, 0.1) is 0 Å². The first-order chi connectivity index (χ1) is 15.0. The van der Waals surface area contributed by atoms with E-state index in [9.17, 15) is 13.2 Å². The summed E-state index contributed by atoms with van der Waals surface area (Å²) in [5.41, 5.74) is 1.25. The highest BCUT2D eigenvalue weighted by molar-refractivity contribution is 7.89. The summed E-state index contributed by atoms with van der Waals surface area (Å²) < 4.78 is 28.9. The first kappa shape index (κ1) is 22.6. The minimum absolute atomic E-state index is 0.0592. The molecule has 0 aliphatic carbocycles. The second kappa shape index (κ2) is 9.88. The molecule has 0 N–H and O–H groups in total. The van der Waals surface area contributed by atoms with Crippen molar-refractivity contribution in [3.8, 4) is 0 Å². The molecule has 0 aromatic heterocycles. The SMILES string of the molecule is CCN1CCN(C(=O)c2ccc(N3CCCCC3)c(S(=O)(=O)N3CCCCC3)c2)CC1. The molecule has 0 radical (unpaired) electrons. The highest BCUT2D eigenvalue weighted by atomic mass is 32.2. The number of benzene rings is 1. The van der Waals surface area contributed by atoms with E-state index >= 15 is 0 Å². The number of nitrogens with zero attached hydrogens (tertiary/aromatic N) is 4. The Bertz CT molecular complexity index is 869. The van der Waals surface area contributed by atoms with E-state index in [0.717, 1.165) is 70.5 Å². The molecule has 3 aliphatic heterocycles. The maximum absolute atomic E-state index is 13.7. The number of sulfonamides is 1. The molecule has 1 amide bonds. The van der Waals surface area contributed by atoms with E-state index in [1.54, 1.807) is 10.4 Å². The maximum atomic E-state index is 13.7. The van der Waals surface area contributed by atoms with Crippen LogP contribution >= 0.6 is 0 Å². The van der Waals surface area contributed by atoms with Crippen molar-refractivity contribution < 1.29 is 13.2 Å². The molecule has 0 unspecified atom stereocenters. The Hall–Kier alpha value is -1.64. The molecule has 3 aliphatic rings. The van der Waals surface area contributed by atoms with E-state index in [-0.39, 0.29) is 5.91 Å². The summed E-state index contributed by atoms with van der Waals surface area (Å²) in [7, 11) is -3.63. The van der Waals surface area contributed by atoms with Crippen molar-refractivity contribution in [1.82, 2.24) is 14.1 Å². The molecule has 0 atom stereocenters. The number of likely N-dealkylation sites (N-methyl/N-ethyl adjacent to an activating group) is 1. The van der Waals surface area contributed by atoms with Crippen molar-refractivity contribution in [2.24, 2.45) is 0 Å². The van der Waals surface area contributed by atoms with Gasteiger partial charge in [-0.3, -0.25) is 4.79 Å². The van der Waals surface area contributed by atoms with Gasteiger partial charge < -0.3 is 14.7 Å². The molecular weight excluding hydrogens is 412 g/mol. The van der Waals surface area contributed by atoms with Gasteiger partial charge in [0.1, 0.15) is 4.90 Å². The number of piperidine rings is 2.